The lowest BCUT2D eigenvalue weighted by molar-refractivity contribution is 0.482. The van der Waals surface area contributed by atoms with E-state index in [1.807, 2.05) is 0 Å². The van der Waals surface area contributed by atoms with Crippen LogP contribution in [0.1, 0.15) is 69.9 Å². The van der Waals surface area contributed by atoms with Gasteiger partial charge in [0, 0.05) is 39.5 Å². The summed E-state index contributed by atoms with van der Waals surface area (Å²) in [5.74, 6) is 0. The van der Waals surface area contributed by atoms with Crippen LogP contribution in [0.3, 0.4) is 0 Å². The molecular formula is C48H46N2. The lowest BCUT2D eigenvalue weighted by atomic mass is 9.75. The molecule has 0 atom stereocenters. The fourth-order valence-electron chi connectivity index (χ4n) is 8.30. The molecule has 0 saturated carbocycles. The quantitative estimate of drug-likeness (QED) is 0.0905. The Kier molecular flexibility index (Phi) is 8.86. The number of nitrogens with zero attached hydrogens (tertiary/aromatic N) is 2. The fraction of sp³-hybridized carbons (Fsp3) is 0.208. The Morgan fingerprint density at radius 2 is 0.760 bits per heavy atom. The Balaban J connectivity index is 1.31. The van der Waals surface area contributed by atoms with E-state index in [2.05, 4.69) is 181 Å². The van der Waals surface area contributed by atoms with Gasteiger partial charge in [-0.15, -0.1) is 0 Å². The van der Waals surface area contributed by atoms with Crippen LogP contribution < -0.4 is 9.80 Å². The molecule has 7 aromatic rings. The van der Waals surface area contributed by atoms with Gasteiger partial charge >= 0.3 is 0 Å². The van der Waals surface area contributed by atoms with Gasteiger partial charge in [0.05, 0.1) is 0 Å². The van der Waals surface area contributed by atoms with Gasteiger partial charge in [-0.1, -0.05) is 137 Å². The molecule has 0 radical (unpaired) electrons. The highest BCUT2D eigenvalue weighted by Gasteiger charge is 2.39. The zero-order chi connectivity index (χ0) is 33.9. The van der Waals surface area contributed by atoms with Gasteiger partial charge in [-0.05, 0) is 112 Å². The largest absolute Gasteiger partial charge is 0.310 e. The van der Waals surface area contributed by atoms with E-state index in [4.69, 9.17) is 0 Å². The predicted octanol–water partition coefficient (Wildman–Crippen LogP) is 14.3. The Bertz CT molecular complexity index is 1980. The molecule has 248 valence electrons. The van der Waals surface area contributed by atoms with E-state index in [1.54, 1.807) is 0 Å². The van der Waals surface area contributed by atoms with Crippen LogP contribution in [-0.4, -0.2) is 0 Å². The Hall–Kier alpha value is -5.34. The van der Waals surface area contributed by atoms with Crippen LogP contribution >= 0.6 is 0 Å². The molecule has 8 rings (SSSR count). The maximum Gasteiger partial charge on any atom is 0.0471 e. The first kappa shape index (κ1) is 31.9. The van der Waals surface area contributed by atoms with Crippen LogP contribution in [-0.2, 0) is 5.41 Å². The molecule has 0 saturated heterocycles. The van der Waals surface area contributed by atoms with Crippen molar-refractivity contribution in [1.29, 1.82) is 0 Å². The summed E-state index contributed by atoms with van der Waals surface area (Å²) in [4.78, 5) is 4.85. The Morgan fingerprint density at radius 3 is 1.14 bits per heavy atom. The van der Waals surface area contributed by atoms with Crippen LogP contribution in [0.4, 0.5) is 34.1 Å². The standard InChI is InChI=1S/C48H46N2/c1-3-4-5-6-7-20-31-48(2)44-34-42(49(38-21-12-8-13-22-38)39-23-14-9-15-24-39)32-36-29-30-37-33-43(35-45(48)47(37)46(36)44)50(40-25-16-10-17-26-40)41-27-18-11-19-28-41/h8-19,21-30,32-35H,3-7,20,31H2,1-2H3. The maximum absolute atomic E-state index is 2.53. The average molecular weight is 651 g/mol. The average Bonchev–Trinajstić information content (AvgIpc) is 3.42. The minimum atomic E-state index is -0.130. The highest BCUT2D eigenvalue weighted by Crippen LogP contribution is 2.55. The minimum absolute atomic E-state index is 0.130. The van der Waals surface area contributed by atoms with Crippen LogP contribution in [0, 0.1) is 0 Å². The fourth-order valence-corrected chi connectivity index (χ4v) is 8.30. The molecule has 2 heteroatoms. The molecule has 50 heavy (non-hydrogen) atoms. The third kappa shape index (κ3) is 5.83. The number of hydrogen-bond donors (Lipinski definition) is 0. The summed E-state index contributed by atoms with van der Waals surface area (Å²) in [6, 6.07) is 57.9. The molecule has 0 N–H and O–H groups in total. The lowest BCUT2D eigenvalue weighted by Crippen LogP contribution is -2.22. The lowest BCUT2D eigenvalue weighted by Gasteiger charge is -2.32. The number of para-hydroxylation sites is 4. The van der Waals surface area contributed by atoms with Gasteiger partial charge in [-0.3, -0.25) is 0 Å². The number of rotatable bonds is 13. The summed E-state index contributed by atoms with van der Waals surface area (Å²) >= 11 is 0. The summed E-state index contributed by atoms with van der Waals surface area (Å²) in [6.07, 6.45) is 8.87. The SMILES string of the molecule is CCCCCCCCC1(C)c2cc(N(c3ccccc3)c3ccccc3)cc3ccc4cc(N(c5ccccc5)c5ccccc5)cc1c4c23. The first-order valence-electron chi connectivity index (χ1n) is 18.5. The molecule has 0 spiro atoms. The molecular weight excluding hydrogens is 605 g/mol. The van der Waals surface area contributed by atoms with Gasteiger partial charge < -0.3 is 9.80 Å². The highest BCUT2D eigenvalue weighted by atomic mass is 15.1. The van der Waals surface area contributed by atoms with E-state index < -0.39 is 0 Å². The third-order valence-electron chi connectivity index (χ3n) is 10.8. The summed E-state index contributed by atoms with van der Waals surface area (Å²) in [5, 5.41) is 5.47. The molecule has 0 bridgehead atoms. The van der Waals surface area contributed by atoms with E-state index in [0.29, 0.717) is 0 Å². The molecule has 7 aromatic carbocycles. The first-order valence-corrected chi connectivity index (χ1v) is 18.5. The smallest absolute Gasteiger partial charge is 0.0471 e. The second kappa shape index (κ2) is 13.9. The van der Waals surface area contributed by atoms with Crippen molar-refractivity contribution in [3.63, 3.8) is 0 Å². The zero-order valence-corrected chi connectivity index (χ0v) is 29.4. The number of hydrogen-bond acceptors (Lipinski definition) is 2. The van der Waals surface area contributed by atoms with Crippen molar-refractivity contribution in [2.75, 3.05) is 9.80 Å². The topological polar surface area (TPSA) is 6.48 Å². The summed E-state index contributed by atoms with van der Waals surface area (Å²) in [5.41, 5.74) is 9.88. The van der Waals surface area contributed by atoms with E-state index in [-0.39, 0.29) is 5.41 Å². The molecule has 0 aliphatic heterocycles. The van der Waals surface area contributed by atoms with E-state index in [0.717, 1.165) is 6.42 Å². The second-order valence-electron chi connectivity index (χ2n) is 14.1. The normalized spacial score (nSPS) is 12.9. The van der Waals surface area contributed by atoms with Gasteiger partial charge in [0.1, 0.15) is 0 Å². The van der Waals surface area contributed by atoms with Crippen molar-refractivity contribution in [2.24, 2.45) is 0 Å². The van der Waals surface area contributed by atoms with Crippen molar-refractivity contribution in [3.8, 4) is 0 Å². The first-order chi connectivity index (χ1) is 24.7. The van der Waals surface area contributed by atoms with Crippen molar-refractivity contribution in [2.45, 2.75) is 64.2 Å². The monoisotopic (exact) mass is 650 g/mol. The molecule has 0 unspecified atom stereocenters. The summed E-state index contributed by atoms with van der Waals surface area (Å²) < 4.78 is 0. The second-order valence-corrected chi connectivity index (χ2v) is 14.1. The van der Waals surface area contributed by atoms with Crippen molar-refractivity contribution >= 4 is 55.7 Å². The highest BCUT2D eigenvalue weighted by molar-refractivity contribution is 6.17. The molecule has 2 nitrogen and oxygen atoms in total. The molecule has 0 amide bonds. The number of anilines is 6. The van der Waals surface area contributed by atoms with Gasteiger partial charge in [-0.2, -0.15) is 0 Å². The Labute approximate surface area is 297 Å². The van der Waals surface area contributed by atoms with Crippen LogP contribution in [0.15, 0.2) is 158 Å². The van der Waals surface area contributed by atoms with E-state index in [1.165, 1.54) is 105 Å². The number of unbranched alkanes of at least 4 members (excludes halogenated alkanes) is 5. The third-order valence-corrected chi connectivity index (χ3v) is 10.8. The summed E-state index contributed by atoms with van der Waals surface area (Å²) in [6.45, 7) is 4.83. The maximum atomic E-state index is 2.53. The van der Waals surface area contributed by atoms with Gasteiger partial charge in [0.2, 0.25) is 0 Å². The van der Waals surface area contributed by atoms with Gasteiger partial charge in [-0.25, -0.2) is 0 Å². The molecule has 1 aliphatic rings. The van der Waals surface area contributed by atoms with Gasteiger partial charge in [0.15, 0.2) is 0 Å². The van der Waals surface area contributed by atoms with Crippen molar-refractivity contribution < 1.29 is 0 Å². The minimum Gasteiger partial charge on any atom is -0.310 e. The summed E-state index contributed by atoms with van der Waals surface area (Å²) in [7, 11) is 0. The van der Waals surface area contributed by atoms with Crippen LogP contribution in [0.2, 0.25) is 0 Å². The molecule has 0 aromatic heterocycles. The van der Waals surface area contributed by atoms with Crippen molar-refractivity contribution in [1.82, 2.24) is 0 Å². The van der Waals surface area contributed by atoms with Crippen LogP contribution in [0.25, 0.3) is 21.5 Å². The number of benzene rings is 7. The molecule has 0 fully saturated rings. The van der Waals surface area contributed by atoms with E-state index in [9.17, 15) is 0 Å². The van der Waals surface area contributed by atoms with Crippen molar-refractivity contribution in [3.05, 3.63) is 169 Å². The van der Waals surface area contributed by atoms with E-state index >= 15 is 0 Å². The van der Waals surface area contributed by atoms with Gasteiger partial charge in [0.25, 0.3) is 0 Å². The Morgan fingerprint density at radius 1 is 0.400 bits per heavy atom. The molecule has 0 heterocycles. The molecule has 1 aliphatic carbocycles. The zero-order valence-electron chi connectivity index (χ0n) is 29.4. The predicted molar refractivity (Wildman–Crippen MR) is 215 cm³/mol. The van der Waals surface area contributed by atoms with Crippen LogP contribution in [0.5, 0.6) is 0 Å².